The number of nitrogens with zero attached hydrogens (tertiary/aromatic N) is 3. The van der Waals surface area contributed by atoms with Gasteiger partial charge in [-0.25, -0.2) is 4.98 Å². The van der Waals surface area contributed by atoms with Gasteiger partial charge in [0, 0.05) is 47.5 Å². The fraction of sp³-hybridized carbons (Fsp3) is 0.478. The topological polar surface area (TPSA) is 74.5 Å². The summed E-state index contributed by atoms with van der Waals surface area (Å²) in [5.74, 6) is 1.01. The standard InChI is InChI=1S/C23H30ClN5O/c1-2-23(16-27-22-21(23)19(24)8-10-26-22)17-6-5-7-18(14-17)29-13-12-28(15-20(29)30)11-4-3-9-25/h5-8,10,14H,2-4,9,11-13,15-16,25H2,1H3,(H,26,27). The molecule has 6 nitrogen and oxygen atoms in total. The summed E-state index contributed by atoms with van der Waals surface area (Å²) in [5.41, 5.74) is 8.52. The van der Waals surface area contributed by atoms with E-state index in [1.807, 2.05) is 23.1 Å². The SMILES string of the molecule is CCC1(c2cccc(N3CCN(CCCCN)CC3=O)c2)CNc2nccc(Cl)c21. The predicted molar refractivity (Wildman–Crippen MR) is 122 cm³/mol. The number of hydrogen-bond donors (Lipinski definition) is 2. The number of aromatic nitrogens is 1. The third kappa shape index (κ3) is 3.80. The number of unbranched alkanes of at least 4 members (excludes halogenated alkanes) is 1. The largest absolute Gasteiger partial charge is 0.369 e. The number of halogens is 1. The number of anilines is 2. The van der Waals surface area contributed by atoms with E-state index in [1.54, 1.807) is 6.20 Å². The number of amides is 1. The second-order valence-corrected chi connectivity index (χ2v) is 8.58. The number of rotatable bonds is 7. The van der Waals surface area contributed by atoms with Crippen LogP contribution in [-0.2, 0) is 10.2 Å². The Labute approximate surface area is 183 Å². The van der Waals surface area contributed by atoms with Gasteiger partial charge in [-0.3, -0.25) is 9.69 Å². The Morgan fingerprint density at radius 2 is 2.13 bits per heavy atom. The first-order chi connectivity index (χ1) is 14.6. The van der Waals surface area contributed by atoms with E-state index in [-0.39, 0.29) is 11.3 Å². The fourth-order valence-corrected chi connectivity index (χ4v) is 5.07. The summed E-state index contributed by atoms with van der Waals surface area (Å²) in [7, 11) is 0. The van der Waals surface area contributed by atoms with E-state index in [2.05, 4.69) is 34.3 Å². The van der Waals surface area contributed by atoms with Crippen molar-refractivity contribution in [3.63, 3.8) is 0 Å². The summed E-state index contributed by atoms with van der Waals surface area (Å²) in [6.07, 6.45) is 4.68. The van der Waals surface area contributed by atoms with Crippen LogP contribution in [0, 0.1) is 0 Å². The van der Waals surface area contributed by atoms with E-state index >= 15 is 0 Å². The highest BCUT2D eigenvalue weighted by Gasteiger charge is 2.42. The van der Waals surface area contributed by atoms with Crippen molar-refractivity contribution < 1.29 is 4.79 Å². The monoisotopic (exact) mass is 427 g/mol. The lowest BCUT2D eigenvalue weighted by atomic mass is 9.74. The van der Waals surface area contributed by atoms with Crippen LogP contribution in [0.1, 0.15) is 37.3 Å². The van der Waals surface area contributed by atoms with Gasteiger partial charge in [0.1, 0.15) is 5.82 Å². The summed E-state index contributed by atoms with van der Waals surface area (Å²) >= 11 is 6.60. The van der Waals surface area contributed by atoms with Crippen molar-refractivity contribution in [2.24, 2.45) is 5.73 Å². The molecule has 1 atom stereocenters. The van der Waals surface area contributed by atoms with Gasteiger partial charge in [-0.1, -0.05) is 30.7 Å². The fourth-order valence-electron chi connectivity index (χ4n) is 4.74. The molecule has 0 radical (unpaired) electrons. The molecule has 4 rings (SSSR count). The second kappa shape index (κ2) is 8.92. The van der Waals surface area contributed by atoms with E-state index in [9.17, 15) is 4.79 Å². The lowest BCUT2D eigenvalue weighted by molar-refractivity contribution is -0.121. The zero-order valence-electron chi connectivity index (χ0n) is 17.5. The van der Waals surface area contributed by atoms with Crippen LogP contribution < -0.4 is 16.0 Å². The zero-order valence-corrected chi connectivity index (χ0v) is 18.3. The first kappa shape index (κ1) is 21.1. The minimum atomic E-state index is -0.246. The van der Waals surface area contributed by atoms with E-state index in [4.69, 9.17) is 17.3 Å². The molecule has 2 aromatic rings. The molecule has 1 aromatic carbocycles. The Bertz CT molecular complexity index is 920. The van der Waals surface area contributed by atoms with Crippen molar-refractivity contribution in [2.45, 2.75) is 31.6 Å². The number of piperazine rings is 1. The predicted octanol–water partition coefficient (Wildman–Crippen LogP) is 3.24. The number of pyridine rings is 1. The molecule has 1 amide bonds. The molecule has 0 bridgehead atoms. The molecule has 0 aliphatic carbocycles. The highest BCUT2D eigenvalue weighted by molar-refractivity contribution is 6.32. The van der Waals surface area contributed by atoms with Crippen LogP contribution in [-0.4, -0.2) is 55.1 Å². The Morgan fingerprint density at radius 3 is 2.90 bits per heavy atom. The van der Waals surface area contributed by atoms with Crippen LogP contribution in [0.2, 0.25) is 5.02 Å². The van der Waals surface area contributed by atoms with E-state index in [0.717, 1.165) is 61.0 Å². The first-order valence-electron chi connectivity index (χ1n) is 10.8. The quantitative estimate of drug-likeness (QED) is 0.663. The number of carbonyl (C=O) groups is 1. The molecule has 1 fully saturated rings. The van der Waals surface area contributed by atoms with Gasteiger partial charge < -0.3 is 16.0 Å². The number of nitrogens with two attached hydrogens (primary N) is 1. The Balaban J connectivity index is 1.58. The maximum absolute atomic E-state index is 12.9. The van der Waals surface area contributed by atoms with Crippen LogP contribution in [0.3, 0.4) is 0 Å². The van der Waals surface area contributed by atoms with Crippen molar-refractivity contribution in [3.8, 4) is 0 Å². The van der Waals surface area contributed by atoms with Crippen molar-refractivity contribution in [2.75, 3.05) is 49.5 Å². The molecule has 0 spiro atoms. The van der Waals surface area contributed by atoms with Crippen LogP contribution in [0.5, 0.6) is 0 Å². The van der Waals surface area contributed by atoms with Crippen LogP contribution >= 0.6 is 11.6 Å². The third-order valence-corrected chi connectivity index (χ3v) is 6.79. The lowest BCUT2D eigenvalue weighted by Gasteiger charge is -2.35. The summed E-state index contributed by atoms with van der Waals surface area (Å²) < 4.78 is 0. The minimum Gasteiger partial charge on any atom is -0.369 e. The zero-order chi connectivity index (χ0) is 21.1. The van der Waals surface area contributed by atoms with Crippen molar-refractivity contribution >= 4 is 29.0 Å². The van der Waals surface area contributed by atoms with Gasteiger partial charge >= 0.3 is 0 Å². The van der Waals surface area contributed by atoms with Gasteiger partial charge in [0.15, 0.2) is 0 Å². The molecule has 2 aliphatic rings. The Hall–Kier alpha value is -2.15. The average Bonchev–Trinajstić information content (AvgIpc) is 3.15. The number of benzene rings is 1. The molecule has 2 aliphatic heterocycles. The smallest absolute Gasteiger partial charge is 0.241 e. The van der Waals surface area contributed by atoms with E-state index in [0.29, 0.717) is 19.6 Å². The summed E-state index contributed by atoms with van der Waals surface area (Å²) in [6, 6.07) is 10.2. The van der Waals surface area contributed by atoms with Crippen LogP contribution in [0.25, 0.3) is 0 Å². The van der Waals surface area contributed by atoms with Crippen LogP contribution in [0.15, 0.2) is 36.5 Å². The van der Waals surface area contributed by atoms with Gasteiger partial charge in [-0.05, 0) is 56.1 Å². The number of hydrogen-bond acceptors (Lipinski definition) is 5. The normalized spacial score (nSPS) is 21.6. The molecule has 1 unspecified atom stereocenters. The molecule has 3 heterocycles. The molecule has 1 aromatic heterocycles. The maximum Gasteiger partial charge on any atom is 0.241 e. The molecule has 7 heteroatoms. The highest BCUT2D eigenvalue weighted by Crippen LogP contribution is 2.47. The number of fused-ring (bicyclic) bond motifs is 1. The Morgan fingerprint density at radius 1 is 1.27 bits per heavy atom. The lowest BCUT2D eigenvalue weighted by Crippen LogP contribution is -2.50. The summed E-state index contributed by atoms with van der Waals surface area (Å²) in [6.45, 7) is 6.63. The van der Waals surface area contributed by atoms with Gasteiger partial charge in [0.05, 0.1) is 6.54 Å². The molecule has 3 N–H and O–H groups in total. The third-order valence-electron chi connectivity index (χ3n) is 6.48. The van der Waals surface area contributed by atoms with Gasteiger partial charge in [0.2, 0.25) is 5.91 Å². The van der Waals surface area contributed by atoms with Gasteiger partial charge in [-0.15, -0.1) is 0 Å². The first-order valence-corrected chi connectivity index (χ1v) is 11.2. The van der Waals surface area contributed by atoms with Gasteiger partial charge in [0.25, 0.3) is 0 Å². The Kier molecular flexibility index (Phi) is 6.27. The number of nitrogens with one attached hydrogen (secondary N) is 1. The van der Waals surface area contributed by atoms with Crippen molar-refractivity contribution in [3.05, 3.63) is 52.7 Å². The molecule has 30 heavy (non-hydrogen) atoms. The van der Waals surface area contributed by atoms with Crippen LogP contribution in [0.4, 0.5) is 11.5 Å². The van der Waals surface area contributed by atoms with Gasteiger partial charge in [-0.2, -0.15) is 0 Å². The second-order valence-electron chi connectivity index (χ2n) is 8.17. The number of carbonyl (C=O) groups excluding carboxylic acids is 1. The summed E-state index contributed by atoms with van der Waals surface area (Å²) in [5, 5.41) is 4.16. The van der Waals surface area contributed by atoms with E-state index < -0.39 is 0 Å². The molecular formula is C23H30ClN5O. The van der Waals surface area contributed by atoms with Crippen molar-refractivity contribution in [1.29, 1.82) is 0 Å². The molecule has 160 valence electrons. The maximum atomic E-state index is 12.9. The molecular weight excluding hydrogens is 398 g/mol. The molecule has 1 saturated heterocycles. The van der Waals surface area contributed by atoms with Crippen molar-refractivity contribution in [1.82, 2.24) is 9.88 Å². The minimum absolute atomic E-state index is 0.154. The average molecular weight is 428 g/mol. The highest BCUT2D eigenvalue weighted by atomic mass is 35.5. The van der Waals surface area contributed by atoms with E-state index in [1.165, 1.54) is 5.56 Å². The summed E-state index contributed by atoms with van der Waals surface area (Å²) in [4.78, 5) is 21.5. The molecule has 0 saturated carbocycles.